The molecule has 4 amide bonds. The molecule has 0 aliphatic carbocycles. The Morgan fingerprint density at radius 1 is 0.450 bits per heavy atom. The van der Waals surface area contributed by atoms with Crippen molar-refractivity contribution in [2.45, 2.75) is 347 Å². The monoisotopic (exact) mass is 2080 g/mol. The number of carbonyl (C=O) groups excluding carboxylic acids is 13. The second kappa shape index (κ2) is 101. The van der Waals surface area contributed by atoms with Crippen LogP contribution >= 0.6 is 38.5 Å². The second-order valence-corrected chi connectivity index (χ2v) is 32.9. The number of rotatable bonds is 40. The van der Waals surface area contributed by atoms with Crippen LogP contribution < -0.4 is 108 Å². The largest absolute Gasteiger partial charge is 1.00 e. The number of unbranched alkanes of at least 4 members (excludes halogenated alkanes) is 5. The molecule has 0 saturated carbocycles. The van der Waals surface area contributed by atoms with Crippen molar-refractivity contribution >= 4 is 158 Å². The minimum absolute atomic E-state index is 0. The zero-order valence-corrected chi connectivity index (χ0v) is 91.9. The SMILES string of the molecule is CC(=O)OOC(C)=O.CC(=O)[O-].CC(C)(C)OC(=O)C=O.CC(C)(C)OC(=O)CBr.CC(C)(C)OC(=O)N[C@@H](CCCCN)C(=O)O.CC=O.CCN(C)CCCC[C@H](N)C(=O)O.CCN(CC)CCCC[C@H](NC(=O)OC(C)(C)C)C(=O)O.CCNCCCC[C@H](NC(=O)OC(C)(C)C)C(=O)O.CCNCCCC[C@H](NC(=O)OC(C)(C)C)C(=O)O.CI.O=C=O.[B].[B].[H-].[Na+].[Na+]. The minimum Gasteiger partial charge on any atom is -1.00 e. The van der Waals surface area contributed by atoms with Crippen molar-refractivity contribution in [3.8, 4) is 0 Å². The Morgan fingerprint density at radius 2 is 0.695 bits per heavy atom. The van der Waals surface area contributed by atoms with Gasteiger partial charge in [0.1, 0.15) is 75.4 Å². The van der Waals surface area contributed by atoms with Gasteiger partial charge in [0, 0.05) is 36.6 Å². The van der Waals surface area contributed by atoms with Gasteiger partial charge >= 0.3 is 143 Å². The fourth-order valence-electron chi connectivity index (χ4n) is 7.94. The topological polar surface area (TPSA) is 636 Å². The van der Waals surface area contributed by atoms with Crippen LogP contribution in [0.3, 0.4) is 0 Å². The molecule has 758 valence electrons. The van der Waals surface area contributed by atoms with E-state index in [0.29, 0.717) is 45.1 Å². The first-order valence-electron chi connectivity index (χ1n) is 41.3. The molecule has 0 heterocycles. The molecular weight excluding hydrogens is 1920 g/mol. The first kappa shape index (κ1) is 161. The first-order chi connectivity index (χ1) is 58.1. The molecule has 0 aliphatic heterocycles. The number of halogens is 2. The number of aliphatic carboxylic acids is 6. The van der Waals surface area contributed by atoms with Gasteiger partial charge in [-0.2, -0.15) is 9.59 Å². The quantitative estimate of drug-likeness (QED) is 0.00401. The van der Waals surface area contributed by atoms with Gasteiger partial charge in [-0.1, -0.05) is 79.6 Å². The number of carboxylic acids is 6. The molecule has 42 nitrogen and oxygen atoms in total. The van der Waals surface area contributed by atoms with E-state index in [9.17, 15) is 67.1 Å². The Hall–Kier alpha value is -6.40. The van der Waals surface area contributed by atoms with E-state index in [1.165, 1.54) is 6.92 Å². The third-order valence-corrected chi connectivity index (χ3v) is 13.6. The summed E-state index contributed by atoms with van der Waals surface area (Å²) in [6, 6.07) is -4.28. The first-order valence-corrected chi connectivity index (χ1v) is 44.6. The molecule has 5 atom stereocenters. The summed E-state index contributed by atoms with van der Waals surface area (Å²) in [5.74, 6) is -8.45. The number of carboxylic acid groups (broad SMARTS) is 6. The van der Waals surface area contributed by atoms with Crippen LogP contribution in [-0.4, -0.2) is 302 Å². The number of esters is 2. The third-order valence-electron chi connectivity index (χ3n) is 13.2. The second-order valence-electron chi connectivity index (χ2n) is 32.3. The van der Waals surface area contributed by atoms with Gasteiger partial charge in [-0.15, -0.1) is 0 Å². The molecule has 0 unspecified atom stereocenters. The molecule has 0 spiro atoms. The van der Waals surface area contributed by atoms with Crippen LogP contribution in [0.4, 0.5) is 19.2 Å². The fourth-order valence-corrected chi connectivity index (χ4v) is 8.05. The summed E-state index contributed by atoms with van der Waals surface area (Å²) in [5.41, 5.74) is 7.24. The van der Waals surface area contributed by atoms with Gasteiger partial charge in [0.25, 0.3) is 0 Å². The van der Waals surface area contributed by atoms with Gasteiger partial charge in [-0.25, -0.2) is 62.5 Å². The Bertz CT molecular complexity index is 2930. The van der Waals surface area contributed by atoms with E-state index in [1.54, 1.807) is 104 Å². The molecule has 0 aromatic rings. The molecule has 131 heavy (non-hydrogen) atoms. The van der Waals surface area contributed by atoms with Crippen molar-refractivity contribution in [3.63, 3.8) is 0 Å². The Balaban J connectivity index is -0.0000000757. The van der Waals surface area contributed by atoms with Crippen molar-refractivity contribution < 1.29 is 216 Å². The number of nitrogens with one attached hydrogen (secondary N) is 6. The number of hydrogen-bond acceptors (Lipinski definition) is 33. The van der Waals surface area contributed by atoms with Crippen LogP contribution in [0.25, 0.3) is 0 Å². The molecule has 0 fully saturated rings. The van der Waals surface area contributed by atoms with E-state index < -0.39 is 136 Å². The number of alkyl carbamates (subject to hydrolysis) is 4. The number of ether oxygens (including phenoxy) is 6. The van der Waals surface area contributed by atoms with Gasteiger partial charge in [-0.05, 0) is 306 Å². The molecule has 15 N–H and O–H groups in total. The van der Waals surface area contributed by atoms with Crippen LogP contribution in [0.5, 0.6) is 0 Å². The van der Waals surface area contributed by atoms with Crippen LogP contribution in [-0.2, 0) is 105 Å². The maximum absolute atomic E-state index is 11.6. The molecule has 48 heteroatoms. The number of nitrogens with two attached hydrogens (primary N) is 2. The predicted octanol–water partition coefficient (Wildman–Crippen LogP) is 2.64. The van der Waals surface area contributed by atoms with Crippen LogP contribution in [0.2, 0.25) is 0 Å². The number of amides is 4. The fraction of sp³-hybridized carbons (Fsp3) is 0.795. The van der Waals surface area contributed by atoms with Crippen molar-refractivity contribution in [1.29, 1.82) is 0 Å². The van der Waals surface area contributed by atoms with Gasteiger partial charge in [0.15, 0.2) is 0 Å². The number of nitrogens with zero attached hydrogens (tertiary/aromatic N) is 2. The van der Waals surface area contributed by atoms with Crippen LogP contribution in [0, 0.1) is 0 Å². The maximum atomic E-state index is 11.6. The Labute approximate surface area is 850 Å². The van der Waals surface area contributed by atoms with Gasteiger partial charge < -0.3 is 123 Å². The maximum Gasteiger partial charge on any atom is 1.00 e. The summed E-state index contributed by atoms with van der Waals surface area (Å²) in [6.07, 6.45) is 8.74. The van der Waals surface area contributed by atoms with Crippen molar-refractivity contribution in [2.24, 2.45) is 11.5 Å². The summed E-state index contributed by atoms with van der Waals surface area (Å²) in [7, 11) is 2.05. The van der Waals surface area contributed by atoms with E-state index in [1.807, 2.05) is 39.5 Å². The third kappa shape index (κ3) is 158. The zero-order valence-electron chi connectivity index (χ0n) is 85.1. The van der Waals surface area contributed by atoms with Crippen molar-refractivity contribution in [2.75, 3.05) is 82.8 Å². The number of hydrogen-bond donors (Lipinski definition) is 13. The van der Waals surface area contributed by atoms with Gasteiger partial charge in [0.05, 0.1) is 0 Å². The van der Waals surface area contributed by atoms with Crippen molar-refractivity contribution in [3.05, 3.63) is 0 Å². The summed E-state index contributed by atoms with van der Waals surface area (Å²) in [6.45, 7) is 55.5. The van der Waals surface area contributed by atoms with Gasteiger partial charge in [-0.3, -0.25) is 14.4 Å². The standard InChI is InChI=1S/C15H30N2O4.2C13H26N2O4.C11H22N2O4.C9H20N2O2.C6H11BrO2.C6H10O3.C4H6O4.C2H4O2.C2H4O.CH3I.CO2.2B.2Na.H/c1-6-17(7-2)11-9-8-10-12(13(18)19)16-14(20)21-15(3,4)5;2*1-5-14-9-7-6-8-10(11(16)17)15-12(18)19-13(2,3)4;1-11(2,3)17-10(16)13-8(9(14)15)6-4-5-7-12;1-3-11(2)7-5-4-6-8(10)9(12)13;2*1-6(2,3)9-5(8)4-7;1-3(5)7-8-4(2)6;1-2(3)4;1-2-3;1-2;2-1-3;;;;;/h12H,6-11H2,1-5H3,(H,16,20)(H,18,19);2*10,14H,5-9H2,1-4H3,(H,15,18)(H,16,17);8H,4-7,12H2,1-3H3,(H,13,16)(H,14,15);8H,3-7,10H2,1-2H3,(H,12,13);4H2,1-3H3;4H,1-3H3;1-2H3;1H3,(H,3,4);2H,1H3;1H3;;;;;;/q;;;;;;;;;;;;;;2*+1;-1/p-1/t12-;2*10-;2*8-;;;;;;;;;;;;/m00000............/s1. The molecule has 0 aromatic carbocycles. The summed E-state index contributed by atoms with van der Waals surface area (Å²) in [4.78, 5) is 199. The molecule has 0 saturated heterocycles. The summed E-state index contributed by atoms with van der Waals surface area (Å²) < 4.78 is 29.6. The summed E-state index contributed by atoms with van der Waals surface area (Å²) in [5, 5.41) is 69.6. The van der Waals surface area contributed by atoms with Gasteiger partial charge in [0.2, 0.25) is 6.29 Å². The average Bonchev–Trinajstić information content (AvgIpc) is 0.917. The number of carbonyl (C=O) groups is 16. The smallest absolute Gasteiger partial charge is 1.00 e. The van der Waals surface area contributed by atoms with E-state index >= 15 is 0 Å². The summed E-state index contributed by atoms with van der Waals surface area (Å²) >= 11 is 5.14. The molecule has 0 rings (SSSR count). The van der Waals surface area contributed by atoms with E-state index in [2.05, 4.69) is 123 Å². The normalized spacial score (nSPS) is 11.2. The van der Waals surface area contributed by atoms with Crippen molar-refractivity contribution in [1.82, 2.24) is 41.7 Å². The van der Waals surface area contributed by atoms with E-state index in [-0.39, 0.29) is 107 Å². The Morgan fingerprint density at radius 3 is 0.878 bits per heavy atom. The molecule has 0 aliphatic rings. The molecule has 0 aromatic heterocycles. The number of alkyl halides is 2. The molecule has 6 radical (unpaired) electrons. The predicted molar refractivity (Wildman–Crippen MR) is 500 cm³/mol. The Kier molecular flexibility index (Phi) is 124. The molecule has 0 bridgehead atoms. The minimum atomic E-state index is -1.08. The zero-order chi connectivity index (χ0) is 103. The van der Waals surface area contributed by atoms with Crippen LogP contribution in [0.1, 0.15) is 285 Å². The van der Waals surface area contributed by atoms with E-state index in [4.69, 9.17) is 85.0 Å². The number of aldehydes is 2. The van der Waals surface area contributed by atoms with E-state index in [0.717, 1.165) is 144 Å². The average molecular weight is 2090 g/mol. The van der Waals surface area contributed by atoms with Crippen LogP contribution in [0.15, 0.2) is 0 Å². The molecular formula is C83H162B2BrIN10Na2O32.